The Kier molecular flexibility index (Phi) is 8.70. The van der Waals surface area contributed by atoms with E-state index in [-0.39, 0.29) is 18.6 Å². The average Bonchev–Trinajstić information content (AvgIpc) is 3.27. The number of methoxy groups -OCH3 is 1. The first-order chi connectivity index (χ1) is 19.1. The van der Waals surface area contributed by atoms with Gasteiger partial charge in [-0.25, -0.2) is 4.99 Å². The van der Waals surface area contributed by atoms with E-state index in [0.717, 1.165) is 52.1 Å². The van der Waals surface area contributed by atoms with E-state index in [1.165, 1.54) is 18.2 Å². The number of nitriles is 1. The topological polar surface area (TPSA) is 74.9 Å². The molecule has 1 saturated heterocycles. The molecule has 0 unspecified atom stereocenters. The van der Waals surface area contributed by atoms with Crippen LogP contribution < -0.4 is 9.47 Å². The summed E-state index contributed by atoms with van der Waals surface area (Å²) in [6.45, 7) is 0.233. The van der Waals surface area contributed by atoms with Crippen molar-refractivity contribution in [1.82, 2.24) is 4.90 Å². The van der Waals surface area contributed by atoms with Crippen LogP contribution in [-0.4, -0.2) is 29.1 Å². The molecule has 8 heteroatoms. The molecule has 2 aliphatic rings. The molecule has 3 aromatic carbocycles. The molecule has 6 nitrogen and oxygen atoms in total. The van der Waals surface area contributed by atoms with Gasteiger partial charge in [0, 0.05) is 16.1 Å². The number of amides is 1. The number of carbonyl (C=O) groups is 1. The predicted octanol–water partition coefficient (Wildman–Crippen LogP) is 7.85. The Bertz CT molecular complexity index is 1460. The lowest BCUT2D eigenvalue weighted by Gasteiger charge is -2.30. The third-order valence-corrected chi connectivity index (χ3v) is 8.52. The summed E-state index contributed by atoms with van der Waals surface area (Å²) in [6.07, 6.45) is 7.33. The molecule has 0 atom stereocenters. The van der Waals surface area contributed by atoms with Crippen molar-refractivity contribution < 1.29 is 14.3 Å². The highest BCUT2D eigenvalue weighted by Gasteiger charge is 2.38. The Morgan fingerprint density at radius 2 is 1.82 bits per heavy atom. The fraction of sp³-hybridized carbons (Fsp3) is 0.258. The number of aliphatic imine (C=N–C) groups is 1. The lowest BCUT2D eigenvalue weighted by atomic mass is 9.94. The van der Waals surface area contributed by atoms with Crippen LogP contribution in [0, 0.1) is 11.3 Å². The van der Waals surface area contributed by atoms with Crippen LogP contribution in [0.3, 0.4) is 0 Å². The molecule has 0 aromatic heterocycles. The van der Waals surface area contributed by atoms with Crippen molar-refractivity contribution in [2.45, 2.75) is 44.8 Å². The van der Waals surface area contributed by atoms with Crippen LogP contribution >= 0.6 is 27.7 Å². The van der Waals surface area contributed by atoms with Gasteiger partial charge >= 0.3 is 0 Å². The fourth-order valence-corrected chi connectivity index (χ4v) is 6.31. The van der Waals surface area contributed by atoms with Crippen LogP contribution in [0.25, 0.3) is 6.08 Å². The number of hydrogen-bond acceptors (Lipinski definition) is 6. The van der Waals surface area contributed by atoms with Crippen molar-refractivity contribution in [3.8, 4) is 17.6 Å². The maximum absolute atomic E-state index is 13.7. The van der Waals surface area contributed by atoms with E-state index in [4.69, 9.17) is 14.5 Å². The molecule has 1 heterocycles. The number of para-hydroxylation sites is 1. The van der Waals surface area contributed by atoms with Crippen LogP contribution in [0.5, 0.6) is 11.5 Å². The quantitative estimate of drug-likeness (QED) is 0.258. The van der Waals surface area contributed by atoms with E-state index in [1.54, 1.807) is 13.2 Å². The van der Waals surface area contributed by atoms with Crippen LogP contribution in [0.15, 0.2) is 81.1 Å². The van der Waals surface area contributed by atoms with Gasteiger partial charge in [-0.1, -0.05) is 71.6 Å². The van der Waals surface area contributed by atoms with Crippen molar-refractivity contribution in [3.05, 3.63) is 92.8 Å². The van der Waals surface area contributed by atoms with Crippen molar-refractivity contribution >= 4 is 50.5 Å². The summed E-state index contributed by atoms with van der Waals surface area (Å²) in [5, 5.41) is 10.1. The van der Waals surface area contributed by atoms with E-state index in [9.17, 15) is 10.1 Å². The van der Waals surface area contributed by atoms with Gasteiger partial charge in [-0.2, -0.15) is 5.26 Å². The second kappa shape index (κ2) is 12.5. The smallest absolute Gasteiger partial charge is 0.267 e. The molecule has 0 bridgehead atoms. The summed E-state index contributed by atoms with van der Waals surface area (Å²) < 4.78 is 12.4. The number of amidine groups is 1. The van der Waals surface area contributed by atoms with Gasteiger partial charge in [0.2, 0.25) is 0 Å². The highest BCUT2D eigenvalue weighted by atomic mass is 79.9. The standard InChI is InChI=1S/C31H28BrN3O3S/c1-37-27-16-23(26(32)18-28(27)38-20-22-11-9-8-10-21(22)19-33)17-29-30(36)35(25-14-6-3-7-15-25)31(39-29)34-24-12-4-2-5-13-24/h2,4-5,8-13,16-18,25H,3,6-7,14-15,20H2,1H3/b29-17-,34-31?. The van der Waals surface area contributed by atoms with Crippen molar-refractivity contribution in [3.63, 3.8) is 0 Å². The first-order valence-electron chi connectivity index (χ1n) is 12.9. The number of benzene rings is 3. The molecule has 198 valence electrons. The van der Waals surface area contributed by atoms with Crippen LogP contribution in [0.1, 0.15) is 48.8 Å². The van der Waals surface area contributed by atoms with E-state index in [0.29, 0.717) is 22.0 Å². The minimum absolute atomic E-state index is 0.0131. The number of thioether (sulfide) groups is 1. The third-order valence-electron chi connectivity index (χ3n) is 6.85. The Labute approximate surface area is 241 Å². The summed E-state index contributed by atoms with van der Waals surface area (Å²) in [6, 6.07) is 23.2. The first-order valence-corrected chi connectivity index (χ1v) is 14.5. The third kappa shape index (κ3) is 6.21. The maximum atomic E-state index is 13.7. The van der Waals surface area contributed by atoms with E-state index in [2.05, 4.69) is 22.0 Å². The van der Waals surface area contributed by atoms with Gasteiger partial charge in [-0.05, 0) is 66.6 Å². The molecular weight excluding hydrogens is 574 g/mol. The molecule has 39 heavy (non-hydrogen) atoms. The van der Waals surface area contributed by atoms with Gasteiger partial charge in [-0.15, -0.1) is 0 Å². The summed E-state index contributed by atoms with van der Waals surface area (Å²) in [7, 11) is 1.58. The minimum atomic E-state index is -0.0131. The molecule has 0 N–H and O–H groups in total. The van der Waals surface area contributed by atoms with Crippen LogP contribution in [0.2, 0.25) is 0 Å². The highest BCUT2D eigenvalue weighted by molar-refractivity contribution is 9.10. The largest absolute Gasteiger partial charge is 0.493 e. The van der Waals surface area contributed by atoms with Crippen molar-refractivity contribution in [1.29, 1.82) is 5.26 Å². The SMILES string of the molecule is COc1cc(/C=C2\SC(=Nc3ccccc3)N(C3CCCCC3)C2=O)c(Br)cc1OCc1ccccc1C#N. The highest BCUT2D eigenvalue weighted by Crippen LogP contribution is 2.41. The fourth-order valence-electron chi connectivity index (χ4n) is 4.82. The Balaban J connectivity index is 1.44. The normalized spacial score (nSPS) is 18.0. The van der Waals surface area contributed by atoms with Crippen molar-refractivity contribution in [2.75, 3.05) is 7.11 Å². The van der Waals surface area contributed by atoms with Crippen LogP contribution in [-0.2, 0) is 11.4 Å². The lowest BCUT2D eigenvalue weighted by molar-refractivity contribution is -0.124. The van der Waals surface area contributed by atoms with Gasteiger partial charge in [0.05, 0.1) is 29.3 Å². The average molecular weight is 603 g/mol. The number of carbonyl (C=O) groups excluding carboxylic acids is 1. The molecule has 2 fully saturated rings. The van der Waals surface area contributed by atoms with E-state index >= 15 is 0 Å². The Hall–Kier alpha value is -3.54. The second-order valence-corrected chi connectivity index (χ2v) is 11.3. The van der Waals surface area contributed by atoms with Gasteiger partial charge < -0.3 is 9.47 Å². The van der Waals surface area contributed by atoms with Gasteiger partial charge in [0.15, 0.2) is 16.7 Å². The zero-order valence-corrected chi connectivity index (χ0v) is 24.0. The molecule has 1 amide bonds. The molecule has 3 aromatic rings. The first kappa shape index (κ1) is 27.0. The maximum Gasteiger partial charge on any atom is 0.267 e. The second-order valence-electron chi connectivity index (χ2n) is 9.39. The Morgan fingerprint density at radius 3 is 2.56 bits per heavy atom. The molecule has 1 aliphatic carbocycles. The minimum Gasteiger partial charge on any atom is -0.493 e. The zero-order chi connectivity index (χ0) is 27.2. The number of ether oxygens (including phenoxy) is 2. The monoisotopic (exact) mass is 601 g/mol. The molecule has 0 radical (unpaired) electrons. The zero-order valence-electron chi connectivity index (χ0n) is 21.6. The molecule has 5 rings (SSSR count). The molecular formula is C31H28BrN3O3S. The summed E-state index contributed by atoms with van der Waals surface area (Å²) >= 11 is 5.07. The predicted molar refractivity (Wildman–Crippen MR) is 159 cm³/mol. The number of halogens is 1. The summed E-state index contributed by atoms with van der Waals surface area (Å²) in [5.74, 6) is 1.07. The Morgan fingerprint density at radius 1 is 1.08 bits per heavy atom. The molecule has 1 aliphatic heterocycles. The number of nitrogens with zero attached hydrogens (tertiary/aromatic N) is 3. The molecule has 0 spiro atoms. The van der Waals surface area contributed by atoms with Gasteiger partial charge in [-0.3, -0.25) is 9.69 Å². The number of rotatable bonds is 7. The summed E-state index contributed by atoms with van der Waals surface area (Å²) in [5.41, 5.74) is 3.00. The lowest BCUT2D eigenvalue weighted by Crippen LogP contribution is -2.40. The van der Waals surface area contributed by atoms with Gasteiger partial charge in [0.25, 0.3) is 5.91 Å². The molecule has 1 saturated carbocycles. The summed E-state index contributed by atoms with van der Waals surface area (Å²) in [4.78, 5) is 21.1. The van der Waals surface area contributed by atoms with E-state index in [1.807, 2.05) is 71.6 Å². The van der Waals surface area contributed by atoms with E-state index < -0.39 is 0 Å². The van der Waals surface area contributed by atoms with Crippen LogP contribution in [0.4, 0.5) is 5.69 Å². The van der Waals surface area contributed by atoms with Crippen molar-refractivity contribution in [2.24, 2.45) is 4.99 Å². The number of hydrogen-bond donors (Lipinski definition) is 0. The van der Waals surface area contributed by atoms with Gasteiger partial charge in [0.1, 0.15) is 6.61 Å².